The number of hydrogen-bond donors (Lipinski definition) is 1. The summed E-state index contributed by atoms with van der Waals surface area (Å²) in [6, 6.07) is 14.4. The second-order valence-electron chi connectivity index (χ2n) is 6.84. The van der Waals surface area contributed by atoms with E-state index in [0.717, 1.165) is 23.5 Å². The number of thiophene rings is 1. The van der Waals surface area contributed by atoms with E-state index in [-0.39, 0.29) is 23.8 Å². The number of nitrogens with one attached hydrogen (secondary N) is 1. The summed E-state index contributed by atoms with van der Waals surface area (Å²) in [7, 11) is 0. The van der Waals surface area contributed by atoms with Crippen LogP contribution in [0, 0.1) is 5.82 Å². The topological polar surface area (TPSA) is 37.3 Å². The van der Waals surface area contributed by atoms with E-state index < -0.39 is 0 Å². The van der Waals surface area contributed by atoms with Crippen LogP contribution in [0.4, 0.5) is 4.39 Å². The fourth-order valence-corrected chi connectivity index (χ4v) is 4.47. The Bertz CT molecular complexity index is 904. The second-order valence-corrected chi connectivity index (χ2v) is 7.82. The minimum Gasteiger partial charge on any atom is -0.349 e. The predicted molar refractivity (Wildman–Crippen MR) is 105 cm³/mol. The van der Waals surface area contributed by atoms with Crippen LogP contribution in [-0.4, -0.2) is 28.5 Å². The highest BCUT2D eigenvalue weighted by molar-refractivity contribution is 7.10. The number of benzene rings is 1. The molecule has 0 unspecified atom stereocenters. The van der Waals surface area contributed by atoms with E-state index in [1.54, 1.807) is 23.5 Å². The Morgan fingerprint density at radius 3 is 2.78 bits per heavy atom. The molecule has 2 aromatic heterocycles. The van der Waals surface area contributed by atoms with Crippen molar-refractivity contribution in [1.29, 1.82) is 0 Å². The zero-order valence-corrected chi connectivity index (χ0v) is 16.0. The predicted octanol–water partition coefficient (Wildman–Crippen LogP) is 3.97. The van der Waals surface area contributed by atoms with E-state index in [0.29, 0.717) is 6.54 Å². The van der Waals surface area contributed by atoms with Crippen molar-refractivity contribution in [2.75, 3.05) is 13.1 Å². The van der Waals surface area contributed by atoms with Gasteiger partial charge in [0, 0.05) is 35.9 Å². The van der Waals surface area contributed by atoms with Crippen LogP contribution in [0.25, 0.3) is 0 Å². The summed E-state index contributed by atoms with van der Waals surface area (Å²) in [4.78, 5) is 16.1. The van der Waals surface area contributed by atoms with E-state index in [2.05, 4.69) is 40.0 Å². The molecule has 1 N–H and O–H groups in total. The molecule has 0 aliphatic carbocycles. The Kier molecular flexibility index (Phi) is 5.09. The van der Waals surface area contributed by atoms with Gasteiger partial charge in [-0.05, 0) is 48.2 Å². The minimum atomic E-state index is -0.278. The molecule has 4 rings (SSSR count). The van der Waals surface area contributed by atoms with Crippen LogP contribution in [0.15, 0.2) is 60.1 Å². The Labute approximate surface area is 162 Å². The lowest BCUT2D eigenvalue weighted by Gasteiger charge is -2.34. The molecule has 0 fully saturated rings. The molecule has 4 nitrogen and oxygen atoms in total. The van der Waals surface area contributed by atoms with E-state index in [1.165, 1.54) is 17.8 Å². The summed E-state index contributed by atoms with van der Waals surface area (Å²) in [5.74, 6) is -0.301. The molecule has 2 atom stereocenters. The number of nitrogens with zero attached hydrogens (tertiary/aromatic N) is 2. The van der Waals surface area contributed by atoms with Gasteiger partial charge in [-0.3, -0.25) is 9.69 Å². The SMILES string of the molecule is C[C@H]1c2cccn2CCN1CC(=O)N[C@H](c1ccc(F)cc1)c1cccs1. The lowest BCUT2D eigenvalue weighted by atomic mass is 10.1. The standard InChI is InChI=1S/C21H22FN3OS/c1-15-18-4-2-10-24(18)11-12-25(15)14-20(26)23-21(19-5-3-13-27-19)16-6-8-17(22)9-7-16/h2-10,13,15,21H,11-12,14H2,1H3,(H,23,26)/t15-,21+/m0/s1. The Hall–Kier alpha value is -2.44. The smallest absolute Gasteiger partial charge is 0.234 e. The van der Waals surface area contributed by atoms with Gasteiger partial charge >= 0.3 is 0 Å². The Morgan fingerprint density at radius 1 is 1.22 bits per heavy atom. The summed E-state index contributed by atoms with van der Waals surface area (Å²) in [5.41, 5.74) is 2.12. The first-order chi connectivity index (χ1) is 13.1. The van der Waals surface area contributed by atoms with E-state index in [9.17, 15) is 9.18 Å². The maximum atomic E-state index is 13.3. The highest BCUT2D eigenvalue weighted by Crippen LogP contribution is 2.27. The average molecular weight is 383 g/mol. The number of aromatic nitrogens is 1. The number of hydrogen-bond acceptors (Lipinski definition) is 3. The molecule has 0 bridgehead atoms. The van der Waals surface area contributed by atoms with Crippen LogP contribution >= 0.6 is 11.3 Å². The number of carbonyl (C=O) groups is 1. The number of rotatable bonds is 5. The largest absolute Gasteiger partial charge is 0.349 e. The van der Waals surface area contributed by atoms with Crippen molar-refractivity contribution in [3.8, 4) is 0 Å². The molecule has 0 spiro atoms. The zero-order chi connectivity index (χ0) is 18.8. The van der Waals surface area contributed by atoms with Gasteiger partial charge in [0.1, 0.15) is 5.82 Å². The molecule has 1 amide bonds. The van der Waals surface area contributed by atoms with Crippen molar-refractivity contribution in [2.45, 2.75) is 25.6 Å². The second kappa shape index (κ2) is 7.66. The van der Waals surface area contributed by atoms with E-state index in [1.807, 2.05) is 17.5 Å². The molecule has 27 heavy (non-hydrogen) atoms. The molecule has 6 heteroatoms. The summed E-state index contributed by atoms with van der Waals surface area (Å²) >= 11 is 1.59. The third-order valence-electron chi connectivity index (χ3n) is 5.15. The molecule has 0 saturated heterocycles. The molecular weight excluding hydrogens is 361 g/mol. The summed E-state index contributed by atoms with van der Waals surface area (Å²) in [6.45, 7) is 4.22. The lowest BCUT2D eigenvalue weighted by molar-refractivity contribution is -0.123. The quantitative estimate of drug-likeness (QED) is 0.724. The maximum Gasteiger partial charge on any atom is 0.234 e. The summed E-state index contributed by atoms with van der Waals surface area (Å²) in [6.07, 6.45) is 2.09. The van der Waals surface area contributed by atoms with Crippen molar-refractivity contribution in [3.63, 3.8) is 0 Å². The molecule has 1 aromatic carbocycles. The van der Waals surface area contributed by atoms with Gasteiger partial charge in [-0.25, -0.2) is 4.39 Å². The van der Waals surface area contributed by atoms with Crippen LogP contribution in [0.3, 0.4) is 0 Å². The Morgan fingerprint density at radius 2 is 2.04 bits per heavy atom. The van der Waals surface area contributed by atoms with Crippen molar-refractivity contribution >= 4 is 17.2 Å². The van der Waals surface area contributed by atoms with Crippen molar-refractivity contribution in [1.82, 2.24) is 14.8 Å². The first-order valence-electron chi connectivity index (χ1n) is 9.09. The van der Waals surface area contributed by atoms with E-state index >= 15 is 0 Å². The van der Waals surface area contributed by atoms with Crippen LogP contribution in [-0.2, 0) is 11.3 Å². The third kappa shape index (κ3) is 3.82. The summed E-state index contributed by atoms with van der Waals surface area (Å²) < 4.78 is 15.6. The highest BCUT2D eigenvalue weighted by atomic mass is 32.1. The fraction of sp³-hybridized carbons (Fsp3) is 0.286. The fourth-order valence-electron chi connectivity index (χ4n) is 3.66. The normalized spacial score (nSPS) is 18.1. The van der Waals surface area contributed by atoms with Gasteiger partial charge in [0.2, 0.25) is 5.91 Å². The molecular formula is C21H22FN3OS. The Balaban J connectivity index is 1.48. The van der Waals surface area contributed by atoms with Crippen molar-refractivity contribution in [2.24, 2.45) is 0 Å². The van der Waals surface area contributed by atoms with Crippen LogP contribution < -0.4 is 5.32 Å². The summed E-state index contributed by atoms with van der Waals surface area (Å²) in [5, 5.41) is 5.13. The van der Waals surface area contributed by atoms with Crippen molar-refractivity contribution in [3.05, 3.63) is 82.1 Å². The number of fused-ring (bicyclic) bond motifs is 1. The minimum absolute atomic E-state index is 0.0235. The van der Waals surface area contributed by atoms with Gasteiger partial charge < -0.3 is 9.88 Å². The number of carbonyl (C=O) groups excluding carboxylic acids is 1. The number of amides is 1. The first kappa shape index (κ1) is 17.9. The first-order valence-corrected chi connectivity index (χ1v) is 9.97. The molecule has 0 radical (unpaired) electrons. The van der Waals surface area contributed by atoms with Gasteiger partial charge in [-0.2, -0.15) is 0 Å². The molecule has 0 saturated carbocycles. The van der Waals surface area contributed by atoms with Gasteiger partial charge in [-0.1, -0.05) is 18.2 Å². The lowest BCUT2D eigenvalue weighted by Crippen LogP contribution is -2.44. The molecule has 1 aliphatic rings. The molecule has 3 aromatic rings. The van der Waals surface area contributed by atoms with Gasteiger partial charge in [0.25, 0.3) is 0 Å². The monoisotopic (exact) mass is 383 g/mol. The molecule has 1 aliphatic heterocycles. The zero-order valence-electron chi connectivity index (χ0n) is 15.1. The molecule has 3 heterocycles. The van der Waals surface area contributed by atoms with Crippen LogP contribution in [0.2, 0.25) is 0 Å². The number of halogens is 1. The van der Waals surface area contributed by atoms with Crippen LogP contribution in [0.1, 0.15) is 35.1 Å². The van der Waals surface area contributed by atoms with Gasteiger partial charge in [-0.15, -0.1) is 11.3 Å². The van der Waals surface area contributed by atoms with E-state index in [4.69, 9.17) is 0 Å². The van der Waals surface area contributed by atoms with Crippen molar-refractivity contribution < 1.29 is 9.18 Å². The maximum absolute atomic E-state index is 13.3. The third-order valence-corrected chi connectivity index (χ3v) is 6.09. The van der Waals surface area contributed by atoms with Gasteiger partial charge in [0.05, 0.1) is 12.6 Å². The van der Waals surface area contributed by atoms with Gasteiger partial charge in [0.15, 0.2) is 0 Å². The van der Waals surface area contributed by atoms with Crippen LogP contribution in [0.5, 0.6) is 0 Å². The average Bonchev–Trinajstić information content (AvgIpc) is 3.35. The molecule has 140 valence electrons. The highest BCUT2D eigenvalue weighted by Gasteiger charge is 2.26.